The number of benzene rings is 2. The van der Waals surface area contributed by atoms with Crippen molar-refractivity contribution in [3.05, 3.63) is 69.2 Å². The van der Waals surface area contributed by atoms with Gasteiger partial charge in [0.25, 0.3) is 0 Å². The fraction of sp³-hybridized carbons (Fsp3) is 0.500. The highest BCUT2D eigenvalue weighted by Crippen LogP contribution is 2.26. The average Bonchev–Trinajstić information content (AvgIpc) is 2.85. The highest BCUT2D eigenvalue weighted by atomic mass is 35.5. The minimum absolute atomic E-state index is 0.0964. The second kappa shape index (κ2) is 12.1. The molecule has 0 radical (unpaired) electrons. The molecule has 1 amide bonds. The predicted molar refractivity (Wildman–Crippen MR) is 141 cm³/mol. The molecule has 0 saturated carbocycles. The molecular weight excluding hydrogens is 505 g/mol. The third kappa shape index (κ3) is 7.43. The molecule has 4 rings (SSSR count). The van der Waals surface area contributed by atoms with Crippen molar-refractivity contribution in [2.75, 3.05) is 26.2 Å². The van der Waals surface area contributed by atoms with Crippen molar-refractivity contribution in [1.82, 2.24) is 14.5 Å². The molecule has 2 fully saturated rings. The third-order valence-corrected chi connectivity index (χ3v) is 9.35. The second-order valence-corrected chi connectivity index (χ2v) is 12.4. The van der Waals surface area contributed by atoms with Crippen LogP contribution >= 0.6 is 23.2 Å². The third-order valence-electron chi connectivity index (χ3n) is 6.79. The van der Waals surface area contributed by atoms with Gasteiger partial charge >= 0.3 is 0 Å². The molecule has 1 atom stereocenters. The average molecular weight is 539 g/mol. The van der Waals surface area contributed by atoms with Crippen molar-refractivity contribution < 1.29 is 13.2 Å². The van der Waals surface area contributed by atoms with Crippen LogP contribution in [0.3, 0.4) is 0 Å². The molecule has 0 aliphatic carbocycles. The van der Waals surface area contributed by atoms with Gasteiger partial charge in [0.15, 0.2) is 0 Å². The summed E-state index contributed by atoms with van der Waals surface area (Å²) in [6.45, 7) is 4.30. The summed E-state index contributed by atoms with van der Waals surface area (Å²) in [5.74, 6) is -0.619. The number of amides is 1. The molecule has 2 aromatic carbocycles. The fourth-order valence-corrected chi connectivity index (χ4v) is 6.81. The van der Waals surface area contributed by atoms with E-state index < -0.39 is 10.0 Å². The maximum atomic E-state index is 13.0. The van der Waals surface area contributed by atoms with Crippen molar-refractivity contribution >= 4 is 39.1 Å². The van der Waals surface area contributed by atoms with E-state index in [4.69, 9.17) is 23.2 Å². The number of rotatable bonds is 8. The summed E-state index contributed by atoms with van der Waals surface area (Å²) in [5.41, 5.74) is 2.90. The molecular formula is C26H33Cl2N3O3S. The van der Waals surface area contributed by atoms with Crippen molar-refractivity contribution in [3.63, 3.8) is 0 Å². The molecule has 2 aliphatic heterocycles. The maximum Gasteiger partial charge on any atom is 0.224 e. The predicted octanol–water partition coefficient (Wildman–Crippen LogP) is 4.84. The summed E-state index contributed by atoms with van der Waals surface area (Å²) in [4.78, 5) is 15.4. The zero-order chi connectivity index (χ0) is 24.8. The number of piperidine rings is 2. The number of likely N-dealkylation sites (tertiary alicyclic amines) is 1. The van der Waals surface area contributed by atoms with Crippen LogP contribution in [0.5, 0.6) is 0 Å². The van der Waals surface area contributed by atoms with Gasteiger partial charge in [-0.15, -0.1) is 0 Å². The van der Waals surface area contributed by atoms with Gasteiger partial charge in [0, 0.05) is 26.2 Å². The van der Waals surface area contributed by atoms with Gasteiger partial charge in [0.1, 0.15) is 0 Å². The number of hydrogen-bond donors (Lipinski definition) is 1. The van der Waals surface area contributed by atoms with Crippen molar-refractivity contribution in [3.8, 4) is 0 Å². The van der Waals surface area contributed by atoms with Crippen LogP contribution in [0.25, 0.3) is 0 Å². The summed E-state index contributed by atoms with van der Waals surface area (Å²) in [7, 11) is -3.57. The topological polar surface area (TPSA) is 69.7 Å². The summed E-state index contributed by atoms with van der Waals surface area (Å²) in [5, 5.41) is 3.75. The van der Waals surface area contributed by atoms with Crippen LogP contribution in [0.4, 0.5) is 0 Å². The first kappa shape index (κ1) is 26.4. The van der Waals surface area contributed by atoms with E-state index in [1.807, 2.05) is 12.1 Å². The van der Waals surface area contributed by atoms with Crippen molar-refractivity contribution in [2.24, 2.45) is 5.92 Å². The minimum atomic E-state index is -3.57. The van der Waals surface area contributed by atoms with Crippen molar-refractivity contribution in [2.45, 2.75) is 50.9 Å². The molecule has 0 bridgehead atoms. The number of nitrogens with zero attached hydrogens (tertiary/aromatic N) is 2. The monoisotopic (exact) mass is 537 g/mol. The standard InChI is InChI=1S/C26H33Cl2N3O3S/c27-24-10-9-22(15-25(24)28)19-35(33,34)31-13-5-8-23(18-31)26(32)29-16-20-6-4-7-21(14-20)17-30-11-2-1-3-12-30/h4,6-7,9-10,14-15,23H,1-3,5,8,11-13,16-19H2,(H,29,32)/t23-/m1/s1. The summed E-state index contributed by atoms with van der Waals surface area (Å²) >= 11 is 12.0. The molecule has 2 saturated heterocycles. The van der Waals surface area contributed by atoms with E-state index in [0.717, 1.165) is 25.2 Å². The van der Waals surface area contributed by atoms with Gasteiger partial charge in [-0.25, -0.2) is 12.7 Å². The van der Waals surface area contributed by atoms with E-state index in [-0.39, 0.29) is 24.1 Å². The van der Waals surface area contributed by atoms with Crippen LogP contribution in [-0.4, -0.2) is 49.7 Å². The Hall–Kier alpha value is -1.64. The van der Waals surface area contributed by atoms with Crippen LogP contribution in [0.1, 0.15) is 48.8 Å². The highest BCUT2D eigenvalue weighted by Gasteiger charge is 2.32. The quantitative estimate of drug-likeness (QED) is 0.523. The zero-order valence-corrected chi connectivity index (χ0v) is 22.2. The summed E-state index contributed by atoms with van der Waals surface area (Å²) in [6, 6.07) is 13.2. The smallest absolute Gasteiger partial charge is 0.224 e. The van der Waals surface area contributed by atoms with Crippen LogP contribution in [-0.2, 0) is 33.7 Å². The molecule has 0 unspecified atom stereocenters. The molecule has 2 heterocycles. The molecule has 2 aliphatic rings. The second-order valence-electron chi connectivity index (χ2n) is 9.58. The molecule has 190 valence electrons. The number of hydrogen-bond acceptors (Lipinski definition) is 4. The van der Waals surface area contributed by atoms with Gasteiger partial charge in [-0.1, -0.05) is 60.0 Å². The molecule has 6 nitrogen and oxygen atoms in total. The lowest BCUT2D eigenvalue weighted by atomic mass is 9.98. The first-order chi connectivity index (χ1) is 16.8. The Kier molecular flexibility index (Phi) is 9.11. The lowest BCUT2D eigenvalue weighted by Crippen LogP contribution is -2.45. The van der Waals surface area contributed by atoms with Crippen LogP contribution in [0.15, 0.2) is 42.5 Å². The number of carbonyl (C=O) groups is 1. The van der Waals surface area contributed by atoms with Gasteiger partial charge in [0.2, 0.25) is 15.9 Å². The zero-order valence-electron chi connectivity index (χ0n) is 19.9. The number of sulfonamides is 1. The summed E-state index contributed by atoms with van der Waals surface area (Å²) < 4.78 is 27.5. The lowest BCUT2D eigenvalue weighted by Gasteiger charge is -2.31. The Morgan fingerprint density at radius 3 is 2.46 bits per heavy atom. The normalized spacial score (nSPS) is 20.0. The van der Waals surface area contributed by atoms with Gasteiger partial charge in [0.05, 0.1) is 21.7 Å². The SMILES string of the molecule is O=C(NCc1cccc(CN2CCCCC2)c1)[C@@H]1CCCN(S(=O)(=O)Cc2ccc(Cl)c(Cl)c2)C1. The van der Waals surface area contributed by atoms with Crippen LogP contribution in [0, 0.1) is 5.92 Å². The van der Waals surface area contributed by atoms with E-state index >= 15 is 0 Å². The molecule has 0 spiro atoms. The Morgan fingerprint density at radius 1 is 0.914 bits per heavy atom. The van der Waals surface area contributed by atoms with E-state index in [1.165, 1.54) is 29.1 Å². The first-order valence-electron chi connectivity index (χ1n) is 12.3. The van der Waals surface area contributed by atoms with E-state index in [9.17, 15) is 13.2 Å². The number of carbonyl (C=O) groups excluding carboxylic acids is 1. The molecule has 0 aromatic heterocycles. The Bertz CT molecular complexity index is 1140. The van der Waals surface area contributed by atoms with E-state index in [0.29, 0.717) is 41.5 Å². The van der Waals surface area contributed by atoms with Crippen LogP contribution in [0.2, 0.25) is 10.0 Å². The molecule has 2 aromatic rings. The van der Waals surface area contributed by atoms with E-state index in [2.05, 4.69) is 22.3 Å². The molecule has 1 N–H and O–H groups in total. The highest BCUT2D eigenvalue weighted by molar-refractivity contribution is 7.88. The first-order valence-corrected chi connectivity index (χ1v) is 14.7. The van der Waals surface area contributed by atoms with Gasteiger partial charge in [-0.3, -0.25) is 9.69 Å². The Labute approximate surface area is 218 Å². The largest absolute Gasteiger partial charge is 0.352 e. The Morgan fingerprint density at radius 2 is 1.69 bits per heavy atom. The van der Waals surface area contributed by atoms with Crippen LogP contribution < -0.4 is 5.32 Å². The molecule has 9 heteroatoms. The fourth-order valence-electron chi connectivity index (χ4n) is 4.89. The number of nitrogens with one attached hydrogen (secondary N) is 1. The molecule has 35 heavy (non-hydrogen) atoms. The van der Waals surface area contributed by atoms with Gasteiger partial charge < -0.3 is 5.32 Å². The lowest BCUT2D eigenvalue weighted by molar-refractivity contribution is -0.126. The van der Waals surface area contributed by atoms with E-state index in [1.54, 1.807) is 18.2 Å². The van der Waals surface area contributed by atoms with Gasteiger partial charge in [-0.2, -0.15) is 0 Å². The van der Waals surface area contributed by atoms with Gasteiger partial charge in [-0.05, 0) is 67.6 Å². The van der Waals surface area contributed by atoms with Crippen molar-refractivity contribution in [1.29, 1.82) is 0 Å². The number of halogens is 2. The maximum absolute atomic E-state index is 13.0. The Balaban J connectivity index is 1.31. The summed E-state index contributed by atoms with van der Waals surface area (Å²) in [6.07, 6.45) is 5.18. The minimum Gasteiger partial charge on any atom is -0.352 e.